The molecule has 6 heteroatoms. The monoisotopic (exact) mass is 455 g/mol. The molecule has 0 atom stereocenters. The second kappa shape index (κ2) is 11.9. The van der Waals surface area contributed by atoms with E-state index in [1.165, 1.54) is 0 Å². The molecule has 3 rings (SSSR count). The number of benzene rings is 2. The maximum absolute atomic E-state index is 12.9. The number of hydrogen-bond acceptors (Lipinski definition) is 2. The van der Waals surface area contributed by atoms with Crippen LogP contribution in [0.5, 0.6) is 0 Å². The lowest BCUT2D eigenvalue weighted by molar-refractivity contribution is 0.0684. The number of aryl methyl sites for hydroxylation is 2. The molecule has 0 saturated carbocycles. The minimum atomic E-state index is -0.140. The molecule has 172 valence electrons. The fourth-order valence-electron chi connectivity index (χ4n) is 4.34. The molecule has 1 fully saturated rings. The molecule has 3 amide bonds. The minimum absolute atomic E-state index is 0.140. The number of likely N-dealkylation sites (tertiary alicyclic amines) is 1. The third kappa shape index (κ3) is 6.99. The zero-order valence-corrected chi connectivity index (χ0v) is 19.9. The van der Waals surface area contributed by atoms with Gasteiger partial charge in [0.25, 0.3) is 5.91 Å². The van der Waals surface area contributed by atoms with Gasteiger partial charge in [0.2, 0.25) is 0 Å². The maximum Gasteiger partial charge on any atom is 0.315 e. The number of amides is 3. The Bertz CT molecular complexity index is 886. The van der Waals surface area contributed by atoms with Crippen LogP contribution >= 0.6 is 11.6 Å². The second-order valence-corrected chi connectivity index (χ2v) is 9.17. The zero-order chi connectivity index (χ0) is 22.9. The highest BCUT2D eigenvalue weighted by Gasteiger charge is 2.25. The molecule has 0 bridgehead atoms. The largest absolute Gasteiger partial charge is 0.339 e. The summed E-state index contributed by atoms with van der Waals surface area (Å²) in [5.74, 6) is 0.837. The Morgan fingerprint density at radius 3 is 2.28 bits per heavy atom. The zero-order valence-electron chi connectivity index (χ0n) is 19.1. The Balaban J connectivity index is 1.28. The van der Waals surface area contributed by atoms with Crippen molar-refractivity contribution < 1.29 is 9.59 Å². The second-order valence-electron chi connectivity index (χ2n) is 8.73. The van der Waals surface area contributed by atoms with E-state index in [1.807, 2.05) is 61.2 Å². The van der Waals surface area contributed by atoms with Gasteiger partial charge in [-0.1, -0.05) is 54.8 Å². The SMILES string of the molecule is Cc1cccc(C)c1C(=O)N1CCC(CCCCNC(=O)NCc2ccc(Cl)cc2)CC1. The molecule has 2 aromatic carbocycles. The van der Waals surface area contributed by atoms with E-state index >= 15 is 0 Å². The number of piperidine rings is 1. The highest BCUT2D eigenvalue weighted by atomic mass is 35.5. The van der Waals surface area contributed by atoms with Crippen molar-refractivity contribution in [1.29, 1.82) is 0 Å². The van der Waals surface area contributed by atoms with Crippen LogP contribution < -0.4 is 10.6 Å². The predicted octanol–water partition coefficient (Wildman–Crippen LogP) is 5.48. The first-order valence-electron chi connectivity index (χ1n) is 11.6. The van der Waals surface area contributed by atoms with Crippen LogP contribution in [-0.2, 0) is 6.54 Å². The van der Waals surface area contributed by atoms with Crippen molar-refractivity contribution >= 4 is 23.5 Å². The molecule has 0 radical (unpaired) electrons. The van der Waals surface area contributed by atoms with Gasteiger partial charge in [0, 0.05) is 36.8 Å². The Labute approximate surface area is 196 Å². The quantitative estimate of drug-likeness (QED) is 0.518. The van der Waals surface area contributed by atoms with Crippen molar-refractivity contribution in [2.24, 2.45) is 5.92 Å². The van der Waals surface area contributed by atoms with Crippen LogP contribution in [0.4, 0.5) is 4.79 Å². The number of halogens is 1. The minimum Gasteiger partial charge on any atom is -0.339 e. The number of rotatable bonds is 8. The van der Waals surface area contributed by atoms with Gasteiger partial charge in [-0.15, -0.1) is 0 Å². The molecule has 1 aliphatic heterocycles. The topological polar surface area (TPSA) is 61.4 Å². The highest BCUT2D eigenvalue weighted by molar-refractivity contribution is 6.30. The van der Waals surface area contributed by atoms with Gasteiger partial charge in [0.1, 0.15) is 0 Å². The maximum atomic E-state index is 12.9. The number of carbonyl (C=O) groups excluding carboxylic acids is 2. The van der Waals surface area contributed by atoms with Crippen LogP contribution in [0.2, 0.25) is 5.02 Å². The summed E-state index contributed by atoms with van der Waals surface area (Å²) in [5, 5.41) is 6.48. The summed E-state index contributed by atoms with van der Waals surface area (Å²) < 4.78 is 0. The summed E-state index contributed by atoms with van der Waals surface area (Å²) in [7, 11) is 0. The lowest BCUT2D eigenvalue weighted by Crippen LogP contribution is -2.39. The van der Waals surface area contributed by atoms with Crippen LogP contribution in [0, 0.1) is 19.8 Å². The number of hydrogen-bond donors (Lipinski definition) is 2. The summed E-state index contributed by atoms with van der Waals surface area (Å²) >= 11 is 5.87. The molecule has 0 spiro atoms. The van der Waals surface area contributed by atoms with E-state index in [4.69, 9.17) is 11.6 Å². The summed E-state index contributed by atoms with van der Waals surface area (Å²) in [5.41, 5.74) is 4.00. The molecular formula is C26H34ClN3O2. The van der Waals surface area contributed by atoms with Crippen LogP contribution in [0.25, 0.3) is 0 Å². The number of unbranched alkanes of at least 4 members (excludes halogenated alkanes) is 1. The molecule has 0 aromatic heterocycles. The summed E-state index contributed by atoms with van der Waals surface area (Å²) in [4.78, 5) is 26.9. The molecule has 1 heterocycles. The molecular weight excluding hydrogens is 422 g/mol. The Morgan fingerprint density at radius 2 is 1.62 bits per heavy atom. The van der Waals surface area contributed by atoms with Crippen LogP contribution in [0.3, 0.4) is 0 Å². The van der Waals surface area contributed by atoms with Crippen molar-refractivity contribution in [2.75, 3.05) is 19.6 Å². The van der Waals surface area contributed by atoms with E-state index in [9.17, 15) is 9.59 Å². The van der Waals surface area contributed by atoms with Gasteiger partial charge >= 0.3 is 6.03 Å². The summed E-state index contributed by atoms with van der Waals surface area (Å²) in [6, 6.07) is 13.3. The van der Waals surface area contributed by atoms with Crippen LogP contribution in [-0.4, -0.2) is 36.5 Å². The lowest BCUT2D eigenvalue weighted by atomic mass is 9.91. The fourth-order valence-corrected chi connectivity index (χ4v) is 4.47. The van der Waals surface area contributed by atoms with Gasteiger partial charge in [0.15, 0.2) is 0 Å². The normalized spacial score (nSPS) is 14.3. The molecule has 0 aliphatic carbocycles. The third-order valence-electron chi connectivity index (χ3n) is 6.29. The van der Waals surface area contributed by atoms with E-state index in [0.29, 0.717) is 24.0 Å². The number of urea groups is 1. The number of nitrogens with zero attached hydrogens (tertiary/aromatic N) is 1. The number of nitrogens with one attached hydrogen (secondary N) is 2. The fraction of sp³-hybridized carbons (Fsp3) is 0.462. The van der Waals surface area contributed by atoms with E-state index in [2.05, 4.69) is 10.6 Å². The van der Waals surface area contributed by atoms with E-state index in [-0.39, 0.29) is 11.9 Å². The van der Waals surface area contributed by atoms with Crippen molar-refractivity contribution in [2.45, 2.75) is 52.5 Å². The van der Waals surface area contributed by atoms with Crippen LogP contribution in [0.1, 0.15) is 59.2 Å². The molecule has 1 aliphatic rings. The third-order valence-corrected chi connectivity index (χ3v) is 6.54. The average Bonchev–Trinajstić information content (AvgIpc) is 2.78. The smallest absolute Gasteiger partial charge is 0.315 e. The first-order valence-corrected chi connectivity index (χ1v) is 11.9. The number of carbonyl (C=O) groups is 2. The summed E-state index contributed by atoms with van der Waals surface area (Å²) in [6.45, 7) is 6.86. The molecule has 32 heavy (non-hydrogen) atoms. The molecule has 2 aromatic rings. The first kappa shape index (κ1) is 24.1. The van der Waals surface area contributed by atoms with Gasteiger partial charge in [-0.25, -0.2) is 4.79 Å². The van der Waals surface area contributed by atoms with Crippen molar-refractivity contribution in [1.82, 2.24) is 15.5 Å². The highest BCUT2D eigenvalue weighted by Crippen LogP contribution is 2.25. The molecule has 0 unspecified atom stereocenters. The van der Waals surface area contributed by atoms with Crippen LogP contribution in [0.15, 0.2) is 42.5 Å². The molecule has 5 nitrogen and oxygen atoms in total. The average molecular weight is 456 g/mol. The Morgan fingerprint density at radius 1 is 0.969 bits per heavy atom. The molecule has 2 N–H and O–H groups in total. The lowest BCUT2D eigenvalue weighted by Gasteiger charge is -2.32. The van der Waals surface area contributed by atoms with Crippen molar-refractivity contribution in [3.63, 3.8) is 0 Å². The summed E-state index contributed by atoms with van der Waals surface area (Å²) in [6.07, 6.45) is 5.33. The van der Waals surface area contributed by atoms with Gasteiger partial charge < -0.3 is 15.5 Å². The standard InChI is InChI=1S/C26H34ClN3O2/c1-19-6-5-7-20(2)24(19)25(31)30-16-13-21(14-17-30)8-3-4-15-28-26(32)29-18-22-9-11-23(27)12-10-22/h5-7,9-12,21H,3-4,8,13-18H2,1-2H3,(H2,28,29,32). The van der Waals surface area contributed by atoms with Crippen molar-refractivity contribution in [3.8, 4) is 0 Å². The van der Waals surface area contributed by atoms with Gasteiger partial charge in [-0.3, -0.25) is 4.79 Å². The predicted molar refractivity (Wildman–Crippen MR) is 130 cm³/mol. The van der Waals surface area contributed by atoms with Crippen molar-refractivity contribution in [3.05, 3.63) is 69.7 Å². The van der Waals surface area contributed by atoms with E-state index in [1.54, 1.807) is 0 Å². The van der Waals surface area contributed by atoms with Gasteiger partial charge in [-0.05, 0) is 67.9 Å². The Kier molecular flexibility index (Phi) is 8.98. The van der Waals surface area contributed by atoms with E-state index < -0.39 is 0 Å². The van der Waals surface area contributed by atoms with Gasteiger partial charge in [0.05, 0.1) is 0 Å². The molecule has 1 saturated heterocycles. The van der Waals surface area contributed by atoms with E-state index in [0.717, 1.165) is 67.4 Å². The first-order chi connectivity index (χ1) is 15.4. The van der Waals surface area contributed by atoms with Gasteiger partial charge in [-0.2, -0.15) is 0 Å². The Hall–Kier alpha value is -2.53.